The maximum atomic E-state index is 14.1. The number of benzene rings is 1. The average molecular weight is 374 g/mol. The van der Waals surface area contributed by atoms with E-state index in [9.17, 15) is 9.18 Å². The number of hydrogen-bond acceptors (Lipinski definition) is 3. The Morgan fingerprint density at radius 1 is 1.42 bits per heavy atom. The van der Waals surface area contributed by atoms with E-state index in [0.29, 0.717) is 36.0 Å². The van der Waals surface area contributed by atoms with Gasteiger partial charge in [0.2, 0.25) is 5.91 Å². The van der Waals surface area contributed by atoms with E-state index in [-0.39, 0.29) is 16.6 Å². The van der Waals surface area contributed by atoms with Crippen molar-refractivity contribution in [2.45, 2.75) is 47.5 Å². The fraction of sp³-hybridized carbons (Fsp3) is 0.556. The second kappa shape index (κ2) is 8.77. The second-order valence-electron chi connectivity index (χ2n) is 6.87. The van der Waals surface area contributed by atoms with Gasteiger partial charge in [-0.25, -0.2) is 4.39 Å². The third-order valence-electron chi connectivity index (χ3n) is 3.80. The number of thiocarbonyl (C=S) groups is 1. The standard InChI is InChI=1S/C18H25ClFNO2S/c1-6-18(4,5)17(22)21-15-7-12(13(19)9-14(15)20)8-16(24)23-10-11(2)3/h7,9,11H,6,8,10H2,1-5H3,(H,21,22). The molecule has 0 saturated heterocycles. The van der Waals surface area contributed by atoms with Crippen molar-refractivity contribution >= 4 is 40.5 Å². The summed E-state index contributed by atoms with van der Waals surface area (Å²) in [5.41, 5.74) is 0.145. The molecular weight excluding hydrogens is 349 g/mol. The maximum absolute atomic E-state index is 14.1. The zero-order valence-electron chi connectivity index (χ0n) is 14.8. The fourth-order valence-corrected chi connectivity index (χ4v) is 2.18. The van der Waals surface area contributed by atoms with Gasteiger partial charge in [0.15, 0.2) is 5.05 Å². The third-order valence-corrected chi connectivity index (χ3v) is 4.41. The first-order chi connectivity index (χ1) is 11.1. The molecule has 1 N–H and O–H groups in total. The first-order valence-electron chi connectivity index (χ1n) is 8.01. The smallest absolute Gasteiger partial charge is 0.230 e. The van der Waals surface area contributed by atoms with Gasteiger partial charge in [-0.1, -0.05) is 46.2 Å². The van der Waals surface area contributed by atoms with Gasteiger partial charge in [0.25, 0.3) is 0 Å². The Balaban J connectivity index is 2.93. The highest BCUT2D eigenvalue weighted by molar-refractivity contribution is 7.80. The van der Waals surface area contributed by atoms with Crippen molar-refractivity contribution in [3.05, 3.63) is 28.5 Å². The van der Waals surface area contributed by atoms with Gasteiger partial charge in [-0.2, -0.15) is 0 Å². The van der Waals surface area contributed by atoms with Crippen LogP contribution in [0.1, 0.15) is 46.6 Å². The van der Waals surface area contributed by atoms with Crippen molar-refractivity contribution < 1.29 is 13.9 Å². The summed E-state index contributed by atoms with van der Waals surface area (Å²) in [6.45, 7) is 10.1. The Hall–Kier alpha value is -1.20. The van der Waals surface area contributed by atoms with Crippen LogP contribution in [0.2, 0.25) is 5.02 Å². The Morgan fingerprint density at radius 3 is 2.58 bits per heavy atom. The van der Waals surface area contributed by atoms with Crippen molar-refractivity contribution in [2.75, 3.05) is 11.9 Å². The van der Waals surface area contributed by atoms with E-state index >= 15 is 0 Å². The van der Waals surface area contributed by atoms with Gasteiger partial charge in [-0.3, -0.25) is 4.79 Å². The highest BCUT2D eigenvalue weighted by Crippen LogP contribution is 2.28. The minimum absolute atomic E-state index is 0.104. The molecule has 0 heterocycles. The lowest BCUT2D eigenvalue weighted by atomic mass is 9.89. The van der Waals surface area contributed by atoms with Crippen molar-refractivity contribution in [3.8, 4) is 0 Å². The van der Waals surface area contributed by atoms with E-state index in [1.165, 1.54) is 12.1 Å². The number of halogens is 2. The molecule has 0 bridgehead atoms. The molecule has 3 nitrogen and oxygen atoms in total. The number of ether oxygens (including phenoxy) is 1. The molecule has 1 rings (SSSR count). The summed E-state index contributed by atoms with van der Waals surface area (Å²) in [7, 11) is 0. The molecule has 0 aromatic heterocycles. The Bertz CT molecular complexity index is 617. The van der Waals surface area contributed by atoms with Crippen LogP contribution in [0.3, 0.4) is 0 Å². The molecule has 0 fully saturated rings. The summed E-state index contributed by atoms with van der Waals surface area (Å²) >= 11 is 11.3. The number of anilines is 1. The first-order valence-corrected chi connectivity index (χ1v) is 8.80. The van der Waals surface area contributed by atoms with Crippen molar-refractivity contribution in [1.82, 2.24) is 0 Å². The predicted octanol–water partition coefficient (Wildman–Crippen LogP) is 5.40. The third kappa shape index (κ3) is 6.02. The summed E-state index contributed by atoms with van der Waals surface area (Å²) in [5.74, 6) is -0.452. The van der Waals surface area contributed by atoms with Crippen LogP contribution in [0.5, 0.6) is 0 Å². The van der Waals surface area contributed by atoms with E-state index in [4.69, 9.17) is 28.6 Å². The molecule has 134 valence electrons. The van der Waals surface area contributed by atoms with Crippen LogP contribution in [0.4, 0.5) is 10.1 Å². The zero-order valence-corrected chi connectivity index (χ0v) is 16.4. The van der Waals surface area contributed by atoms with Crippen LogP contribution in [0, 0.1) is 17.2 Å². The molecule has 0 aliphatic carbocycles. The molecule has 0 aliphatic rings. The molecule has 0 spiro atoms. The molecule has 24 heavy (non-hydrogen) atoms. The number of hydrogen-bond donors (Lipinski definition) is 1. The molecule has 6 heteroatoms. The van der Waals surface area contributed by atoms with E-state index in [0.717, 1.165) is 0 Å². The molecule has 0 aliphatic heterocycles. The van der Waals surface area contributed by atoms with E-state index in [1.54, 1.807) is 0 Å². The molecule has 0 unspecified atom stereocenters. The topological polar surface area (TPSA) is 38.3 Å². The number of rotatable bonds is 7. The van der Waals surface area contributed by atoms with E-state index < -0.39 is 11.2 Å². The minimum atomic E-state index is -0.581. The molecule has 1 amide bonds. The average Bonchev–Trinajstić information content (AvgIpc) is 2.49. The van der Waals surface area contributed by atoms with E-state index in [2.05, 4.69) is 5.32 Å². The fourth-order valence-electron chi connectivity index (χ4n) is 1.74. The van der Waals surface area contributed by atoms with Gasteiger partial charge >= 0.3 is 0 Å². The summed E-state index contributed by atoms with van der Waals surface area (Å²) in [4.78, 5) is 12.3. The molecular formula is C18H25ClFNO2S. The Morgan fingerprint density at radius 2 is 2.04 bits per heavy atom. The van der Waals surface area contributed by atoms with Gasteiger partial charge in [0.05, 0.1) is 12.3 Å². The van der Waals surface area contributed by atoms with E-state index in [1.807, 2.05) is 34.6 Å². The van der Waals surface area contributed by atoms with Gasteiger partial charge < -0.3 is 10.1 Å². The predicted molar refractivity (Wildman–Crippen MR) is 101 cm³/mol. The summed E-state index contributed by atoms with van der Waals surface area (Å²) in [5, 5.41) is 3.29. The normalized spacial score (nSPS) is 11.5. The number of carbonyl (C=O) groups is 1. The Kier molecular flexibility index (Phi) is 7.61. The number of amides is 1. The van der Waals surface area contributed by atoms with Crippen LogP contribution in [0.15, 0.2) is 12.1 Å². The minimum Gasteiger partial charge on any atom is -0.486 e. The number of carbonyl (C=O) groups excluding carboxylic acids is 1. The Labute approximate surface area is 153 Å². The lowest BCUT2D eigenvalue weighted by Gasteiger charge is -2.22. The van der Waals surface area contributed by atoms with Crippen molar-refractivity contribution in [3.63, 3.8) is 0 Å². The first kappa shape index (κ1) is 20.8. The zero-order chi connectivity index (χ0) is 18.5. The quantitative estimate of drug-likeness (QED) is 0.650. The summed E-state index contributed by atoms with van der Waals surface area (Å²) in [6.07, 6.45) is 0.940. The molecule has 0 radical (unpaired) electrons. The molecule has 1 aromatic rings. The second-order valence-corrected chi connectivity index (χ2v) is 7.73. The maximum Gasteiger partial charge on any atom is 0.230 e. The lowest BCUT2D eigenvalue weighted by molar-refractivity contribution is -0.124. The van der Waals surface area contributed by atoms with Gasteiger partial charge in [-0.05, 0) is 42.3 Å². The number of nitrogens with one attached hydrogen (secondary N) is 1. The molecule has 0 saturated carbocycles. The van der Waals surface area contributed by atoms with Crippen LogP contribution < -0.4 is 5.32 Å². The SMILES string of the molecule is CCC(C)(C)C(=O)Nc1cc(CC(=S)OCC(C)C)c(Cl)cc1F. The van der Waals surface area contributed by atoms with Crippen LogP contribution in [-0.2, 0) is 16.0 Å². The van der Waals surface area contributed by atoms with Crippen LogP contribution >= 0.6 is 23.8 Å². The monoisotopic (exact) mass is 373 g/mol. The van der Waals surface area contributed by atoms with Gasteiger partial charge in [0, 0.05) is 16.9 Å². The van der Waals surface area contributed by atoms with Crippen LogP contribution in [-0.4, -0.2) is 17.6 Å². The van der Waals surface area contributed by atoms with Gasteiger partial charge in [-0.15, -0.1) is 0 Å². The van der Waals surface area contributed by atoms with Crippen molar-refractivity contribution in [2.24, 2.45) is 11.3 Å². The van der Waals surface area contributed by atoms with Gasteiger partial charge in [0.1, 0.15) is 5.82 Å². The summed E-state index contributed by atoms with van der Waals surface area (Å²) < 4.78 is 19.6. The summed E-state index contributed by atoms with van der Waals surface area (Å²) in [6, 6.07) is 2.71. The highest BCUT2D eigenvalue weighted by Gasteiger charge is 2.26. The molecule has 0 atom stereocenters. The molecule has 1 aromatic carbocycles. The van der Waals surface area contributed by atoms with Crippen LogP contribution in [0.25, 0.3) is 0 Å². The highest BCUT2D eigenvalue weighted by atomic mass is 35.5. The van der Waals surface area contributed by atoms with Crippen molar-refractivity contribution in [1.29, 1.82) is 0 Å². The lowest BCUT2D eigenvalue weighted by Crippen LogP contribution is -2.30. The largest absolute Gasteiger partial charge is 0.486 e.